The van der Waals surface area contributed by atoms with Crippen LogP contribution in [-0.4, -0.2) is 6.04 Å². The van der Waals surface area contributed by atoms with E-state index < -0.39 is 0 Å². The highest BCUT2D eigenvalue weighted by Crippen LogP contribution is 2.24. The third kappa shape index (κ3) is 2.51. The van der Waals surface area contributed by atoms with E-state index in [4.69, 9.17) is 0 Å². The van der Waals surface area contributed by atoms with Crippen LogP contribution in [-0.2, 0) is 19.4 Å². The summed E-state index contributed by atoms with van der Waals surface area (Å²) in [6, 6.07) is 12.7. The van der Waals surface area contributed by atoms with Crippen LogP contribution in [0.1, 0.15) is 16.7 Å². The van der Waals surface area contributed by atoms with Gasteiger partial charge in [0.1, 0.15) is 11.6 Å². The second-order valence-electron chi connectivity index (χ2n) is 4.96. The van der Waals surface area contributed by atoms with Crippen LogP contribution in [0.25, 0.3) is 0 Å². The first-order valence-electron chi connectivity index (χ1n) is 6.47. The van der Waals surface area contributed by atoms with E-state index in [1.165, 1.54) is 17.7 Å². The van der Waals surface area contributed by atoms with Gasteiger partial charge in [-0.2, -0.15) is 0 Å². The number of rotatable bonds is 2. The molecule has 98 valence electrons. The largest absolute Gasteiger partial charge is 0.309 e. The maximum atomic E-state index is 13.8. The van der Waals surface area contributed by atoms with Crippen LogP contribution in [0, 0.1) is 11.6 Å². The summed E-state index contributed by atoms with van der Waals surface area (Å²) in [6.45, 7) is 0.399. The molecule has 0 spiro atoms. The Morgan fingerprint density at radius 2 is 1.63 bits per heavy atom. The zero-order valence-corrected chi connectivity index (χ0v) is 10.5. The molecular formula is C16H15F2N. The molecule has 3 heteroatoms. The second-order valence-corrected chi connectivity index (χ2v) is 4.96. The van der Waals surface area contributed by atoms with Gasteiger partial charge in [-0.25, -0.2) is 8.78 Å². The smallest absolute Gasteiger partial charge is 0.128 e. The lowest BCUT2D eigenvalue weighted by Crippen LogP contribution is -2.38. The number of nitrogens with one attached hydrogen (secondary N) is 1. The van der Waals surface area contributed by atoms with Gasteiger partial charge in [-0.1, -0.05) is 30.3 Å². The highest BCUT2D eigenvalue weighted by Gasteiger charge is 2.23. The Morgan fingerprint density at radius 1 is 0.947 bits per heavy atom. The Bertz CT molecular complexity index is 581. The number of hydrogen-bond donors (Lipinski definition) is 1. The molecule has 0 aromatic heterocycles. The summed E-state index contributed by atoms with van der Waals surface area (Å²) in [5.74, 6) is -0.613. The van der Waals surface area contributed by atoms with Crippen LogP contribution in [0.4, 0.5) is 8.78 Å². The summed E-state index contributed by atoms with van der Waals surface area (Å²) in [6.07, 6.45) is 1.37. The number of halogens is 2. The zero-order chi connectivity index (χ0) is 13.2. The van der Waals surface area contributed by atoms with E-state index in [0.717, 1.165) is 6.42 Å². The molecule has 1 aliphatic heterocycles. The minimum Gasteiger partial charge on any atom is -0.309 e. The standard InChI is InChI=1S/C16H15F2N/c17-15-6-7-16(18)14-10-19-12(9-13(14)15)8-11-4-2-1-3-5-11/h1-7,12,19H,8-10H2. The molecule has 0 amide bonds. The molecule has 3 rings (SSSR count). The van der Waals surface area contributed by atoms with Crippen molar-refractivity contribution in [3.05, 3.63) is 70.8 Å². The highest BCUT2D eigenvalue weighted by molar-refractivity contribution is 5.33. The van der Waals surface area contributed by atoms with E-state index in [1.54, 1.807) is 0 Å². The Morgan fingerprint density at radius 3 is 2.37 bits per heavy atom. The van der Waals surface area contributed by atoms with Crippen LogP contribution in [0.3, 0.4) is 0 Å². The van der Waals surface area contributed by atoms with Gasteiger partial charge in [-0.15, -0.1) is 0 Å². The minimum absolute atomic E-state index is 0.159. The molecule has 0 fully saturated rings. The van der Waals surface area contributed by atoms with Gasteiger partial charge in [0.25, 0.3) is 0 Å². The van der Waals surface area contributed by atoms with Gasteiger partial charge >= 0.3 is 0 Å². The average Bonchev–Trinajstić information content (AvgIpc) is 2.44. The monoisotopic (exact) mass is 259 g/mol. The van der Waals surface area contributed by atoms with E-state index in [9.17, 15) is 8.78 Å². The molecule has 1 N–H and O–H groups in total. The molecule has 1 heterocycles. The molecule has 2 aromatic rings. The predicted molar refractivity (Wildman–Crippen MR) is 70.8 cm³/mol. The molecule has 1 nitrogen and oxygen atoms in total. The Labute approximate surface area is 111 Å². The molecule has 2 aromatic carbocycles. The lowest BCUT2D eigenvalue weighted by Gasteiger charge is -2.27. The number of hydrogen-bond acceptors (Lipinski definition) is 1. The van der Waals surface area contributed by atoms with Crippen LogP contribution >= 0.6 is 0 Å². The predicted octanol–water partition coefficient (Wildman–Crippen LogP) is 3.22. The van der Waals surface area contributed by atoms with Crippen LogP contribution in [0.15, 0.2) is 42.5 Å². The molecular weight excluding hydrogens is 244 g/mol. The quantitative estimate of drug-likeness (QED) is 0.873. The maximum absolute atomic E-state index is 13.8. The first kappa shape index (κ1) is 12.3. The zero-order valence-electron chi connectivity index (χ0n) is 10.5. The van der Waals surface area contributed by atoms with Crippen LogP contribution < -0.4 is 5.32 Å². The molecule has 0 saturated heterocycles. The third-order valence-corrected chi connectivity index (χ3v) is 3.66. The first-order valence-corrected chi connectivity index (χ1v) is 6.47. The normalized spacial score (nSPS) is 18.1. The van der Waals surface area contributed by atoms with E-state index in [1.807, 2.05) is 18.2 Å². The van der Waals surface area contributed by atoms with Crippen molar-refractivity contribution < 1.29 is 8.78 Å². The van der Waals surface area contributed by atoms with Gasteiger partial charge in [-0.3, -0.25) is 0 Å². The average molecular weight is 259 g/mol. The summed E-state index contributed by atoms with van der Waals surface area (Å²) >= 11 is 0. The van der Waals surface area contributed by atoms with Crippen molar-refractivity contribution in [1.29, 1.82) is 0 Å². The fourth-order valence-electron chi connectivity index (χ4n) is 2.66. The van der Waals surface area contributed by atoms with Crippen molar-refractivity contribution in [3.8, 4) is 0 Å². The van der Waals surface area contributed by atoms with Crippen LogP contribution in [0.5, 0.6) is 0 Å². The fourth-order valence-corrected chi connectivity index (χ4v) is 2.66. The summed E-state index contributed by atoms with van der Waals surface area (Å²) < 4.78 is 27.4. The Balaban J connectivity index is 1.81. The fraction of sp³-hybridized carbons (Fsp3) is 0.250. The maximum Gasteiger partial charge on any atom is 0.128 e. The molecule has 0 bridgehead atoms. The number of benzene rings is 2. The Kier molecular flexibility index (Phi) is 3.30. The van der Waals surface area contributed by atoms with Crippen molar-refractivity contribution in [2.75, 3.05) is 0 Å². The summed E-state index contributed by atoms with van der Waals surface area (Å²) in [7, 11) is 0. The van der Waals surface area contributed by atoms with Gasteiger partial charge in [0.2, 0.25) is 0 Å². The van der Waals surface area contributed by atoms with Gasteiger partial charge in [0, 0.05) is 18.2 Å². The van der Waals surface area contributed by atoms with Crippen molar-refractivity contribution >= 4 is 0 Å². The third-order valence-electron chi connectivity index (χ3n) is 3.66. The second kappa shape index (κ2) is 5.10. The van der Waals surface area contributed by atoms with Gasteiger partial charge in [0.05, 0.1) is 0 Å². The van der Waals surface area contributed by atoms with E-state index in [2.05, 4.69) is 17.4 Å². The molecule has 1 aliphatic rings. The molecule has 0 aliphatic carbocycles. The molecule has 1 atom stereocenters. The molecule has 1 unspecified atom stereocenters. The molecule has 0 saturated carbocycles. The van der Waals surface area contributed by atoms with Gasteiger partial charge in [-0.05, 0) is 36.1 Å². The van der Waals surface area contributed by atoms with Crippen LogP contribution in [0.2, 0.25) is 0 Å². The minimum atomic E-state index is -0.318. The van der Waals surface area contributed by atoms with E-state index in [0.29, 0.717) is 24.1 Å². The Hall–Kier alpha value is -1.74. The summed E-state index contributed by atoms with van der Waals surface area (Å²) in [5.41, 5.74) is 2.21. The van der Waals surface area contributed by atoms with Crippen molar-refractivity contribution in [1.82, 2.24) is 5.32 Å². The lowest BCUT2D eigenvalue weighted by molar-refractivity contribution is 0.443. The SMILES string of the molecule is Fc1ccc(F)c2c1CNC(Cc1ccccc1)C2. The molecule has 0 radical (unpaired) electrons. The van der Waals surface area contributed by atoms with Crippen molar-refractivity contribution in [3.63, 3.8) is 0 Å². The first-order chi connectivity index (χ1) is 9.24. The van der Waals surface area contributed by atoms with Gasteiger partial charge < -0.3 is 5.32 Å². The van der Waals surface area contributed by atoms with E-state index >= 15 is 0 Å². The van der Waals surface area contributed by atoms with Gasteiger partial charge in [0.15, 0.2) is 0 Å². The van der Waals surface area contributed by atoms with Crippen molar-refractivity contribution in [2.24, 2.45) is 0 Å². The van der Waals surface area contributed by atoms with Crippen molar-refractivity contribution in [2.45, 2.75) is 25.4 Å². The van der Waals surface area contributed by atoms with E-state index in [-0.39, 0.29) is 17.7 Å². The summed E-state index contributed by atoms with van der Waals surface area (Å²) in [5, 5.41) is 3.29. The summed E-state index contributed by atoms with van der Waals surface area (Å²) in [4.78, 5) is 0. The highest BCUT2D eigenvalue weighted by atomic mass is 19.1. The molecule has 19 heavy (non-hydrogen) atoms. The topological polar surface area (TPSA) is 12.0 Å². The lowest BCUT2D eigenvalue weighted by atomic mass is 9.91. The number of fused-ring (bicyclic) bond motifs is 1.